The van der Waals surface area contributed by atoms with Crippen molar-refractivity contribution in [2.75, 3.05) is 46.2 Å². The summed E-state index contributed by atoms with van der Waals surface area (Å²) in [6.07, 6.45) is -70.1. The Kier molecular flexibility index (Phi) is 27.7. The second-order valence-electron chi connectivity index (χ2n) is 25.6. The van der Waals surface area contributed by atoms with Gasteiger partial charge in [0.2, 0.25) is 0 Å². The first-order valence-electron chi connectivity index (χ1n) is 31.7. The third-order valence-corrected chi connectivity index (χ3v) is 19.3. The molecule has 0 amide bonds. The highest BCUT2D eigenvalue weighted by molar-refractivity contribution is 5.24. The molecule has 98 heavy (non-hydrogen) atoms. The van der Waals surface area contributed by atoms with Gasteiger partial charge in [0.15, 0.2) is 44.0 Å². The average Bonchev–Trinajstić information content (AvgIpc) is 0.781. The van der Waals surface area contributed by atoms with E-state index in [-0.39, 0.29) is 11.1 Å². The normalized spacial score (nSPS) is 52.9. The van der Waals surface area contributed by atoms with Gasteiger partial charge in [-0.2, -0.15) is 0 Å². The van der Waals surface area contributed by atoms with Crippen LogP contribution >= 0.6 is 0 Å². The lowest BCUT2D eigenvalue weighted by Gasteiger charge is -2.50. The van der Waals surface area contributed by atoms with Crippen LogP contribution in [0.25, 0.3) is 0 Å². The minimum atomic E-state index is -2.20. The molecule has 9 aliphatic rings. The molecule has 7 aliphatic heterocycles. The highest BCUT2D eigenvalue weighted by Gasteiger charge is 2.59. The molecule has 568 valence electrons. The topological polar surface area (TPSA) is 690 Å². The Morgan fingerprint density at radius 2 is 0.571 bits per heavy atom. The zero-order valence-electron chi connectivity index (χ0n) is 52.3. The molecular weight excluding hydrogens is 1340 g/mol. The summed E-state index contributed by atoms with van der Waals surface area (Å²) in [5.74, 6) is 0. The standard InChI is InChI=1S/C56H94N2O40/c1-12-23(57-16-3-14(5-59)25(66)30(71)26(16)67)28(69)38(79)51(86-12)94-46-19(8-62)89-53(40(81)33(46)74)93-44-15(6-60)4-17(27(68)31(44)72)58-24-13(2)87-52(39(80)29(24)70)95-47-20(9-63)90-55(41(82)34(47)75)97-49-22(11-65)92-56(43(84)36(49)77)98-48-21(10-64)91-54(42(83)35(48)76)96-45-18(7-61)88-50(85)37(78)32(45)73/h3-4,12-13,16-85H,5-11H2,1-2H3/t12-,13-,16+,17+,18-,19-,20-,21-,22-,23-,24?,25-,26+,27+,28+,29+,30+,31-,32-,33-,34-,35-,36-,37-,38-,39-,40-,41-,42-,43-,44-,45-,46-,47-,48-,49-,50+,51-,52-,53-,54-,55-,56-/m1/s1. The van der Waals surface area contributed by atoms with Gasteiger partial charge in [-0.3, -0.25) is 0 Å². The van der Waals surface area contributed by atoms with Crippen LogP contribution in [-0.4, -0.2) is 448 Å². The van der Waals surface area contributed by atoms with Crippen LogP contribution in [0.4, 0.5) is 0 Å². The van der Waals surface area contributed by atoms with Crippen molar-refractivity contribution >= 4 is 0 Å². The molecular formula is C56H94N2O40. The molecule has 43 atom stereocenters. The minimum Gasteiger partial charge on any atom is -0.394 e. The van der Waals surface area contributed by atoms with Gasteiger partial charge in [-0.1, -0.05) is 12.2 Å². The third kappa shape index (κ3) is 16.1. The minimum absolute atomic E-state index is 0.0375. The lowest BCUT2D eigenvalue weighted by atomic mass is 9.86. The molecule has 0 saturated carbocycles. The zero-order chi connectivity index (χ0) is 72.0. The second-order valence-corrected chi connectivity index (χ2v) is 25.6. The summed E-state index contributed by atoms with van der Waals surface area (Å²) in [5.41, 5.74) is -0.226. The van der Waals surface area contributed by atoms with E-state index in [1.165, 1.54) is 19.9 Å². The van der Waals surface area contributed by atoms with E-state index in [1.54, 1.807) is 0 Å². The first-order valence-corrected chi connectivity index (χ1v) is 31.7. The Labute approximate surface area is 555 Å². The number of aliphatic hydroxyl groups excluding tert-OH is 27. The van der Waals surface area contributed by atoms with Gasteiger partial charge >= 0.3 is 0 Å². The van der Waals surface area contributed by atoms with E-state index in [9.17, 15) is 138 Å². The van der Waals surface area contributed by atoms with Crippen LogP contribution in [0.2, 0.25) is 0 Å². The molecule has 42 heteroatoms. The van der Waals surface area contributed by atoms with Crippen molar-refractivity contribution in [3.8, 4) is 0 Å². The van der Waals surface area contributed by atoms with E-state index in [1.807, 2.05) is 0 Å². The van der Waals surface area contributed by atoms with E-state index in [4.69, 9.17) is 61.6 Å². The maximum atomic E-state index is 11.5. The molecule has 0 aromatic rings. The van der Waals surface area contributed by atoms with E-state index in [0.717, 1.165) is 6.08 Å². The quantitative estimate of drug-likeness (QED) is 0.0422. The Bertz CT molecular complexity index is 2550. The monoisotopic (exact) mass is 1430 g/mol. The maximum Gasteiger partial charge on any atom is 0.187 e. The lowest BCUT2D eigenvalue weighted by molar-refractivity contribution is -0.391. The average molecular weight is 1440 g/mol. The number of ether oxygens (including phenoxy) is 13. The molecule has 9 rings (SSSR count). The fourth-order valence-corrected chi connectivity index (χ4v) is 13.5. The molecule has 0 aromatic heterocycles. The number of aliphatic hydroxyl groups is 27. The van der Waals surface area contributed by atoms with Crippen LogP contribution < -0.4 is 10.6 Å². The summed E-state index contributed by atoms with van der Waals surface area (Å²) in [6.45, 7) is -3.74. The van der Waals surface area contributed by atoms with E-state index >= 15 is 0 Å². The summed E-state index contributed by atoms with van der Waals surface area (Å²) < 4.78 is 73.8. The summed E-state index contributed by atoms with van der Waals surface area (Å²) >= 11 is 0. The highest BCUT2D eigenvalue weighted by Crippen LogP contribution is 2.38. The van der Waals surface area contributed by atoms with Gasteiger partial charge in [-0.25, -0.2) is 0 Å². The fourth-order valence-electron chi connectivity index (χ4n) is 13.5. The number of hydrogen-bond acceptors (Lipinski definition) is 42. The van der Waals surface area contributed by atoms with Crippen molar-refractivity contribution in [3.05, 3.63) is 23.3 Å². The molecule has 0 spiro atoms. The molecule has 29 N–H and O–H groups in total. The van der Waals surface area contributed by atoms with Crippen LogP contribution in [0.3, 0.4) is 0 Å². The lowest BCUT2D eigenvalue weighted by Crippen LogP contribution is -2.69. The van der Waals surface area contributed by atoms with Crippen LogP contribution in [0.1, 0.15) is 13.8 Å². The Morgan fingerprint density at radius 3 is 0.898 bits per heavy atom. The van der Waals surface area contributed by atoms with Gasteiger partial charge in [0.05, 0.1) is 82.6 Å². The predicted octanol–water partition coefficient (Wildman–Crippen LogP) is -18.3. The number of nitrogens with one attached hydrogen (secondary N) is 2. The molecule has 7 fully saturated rings. The van der Waals surface area contributed by atoms with Crippen molar-refractivity contribution in [1.29, 1.82) is 0 Å². The molecule has 42 nitrogen and oxygen atoms in total. The molecule has 1 unspecified atom stereocenters. The second kappa shape index (κ2) is 33.9. The van der Waals surface area contributed by atoms with Crippen LogP contribution in [0.15, 0.2) is 23.3 Å². The van der Waals surface area contributed by atoms with Crippen molar-refractivity contribution < 1.29 is 199 Å². The molecule has 7 heterocycles. The van der Waals surface area contributed by atoms with Gasteiger partial charge in [0, 0.05) is 0 Å². The van der Waals surface area contributed by atoms with Crippen LogP contribution in [0, 0.1) is 0 Å². The summed E-state index contributed by atoms with van der Waals surface area (Å²) in [4.78, 5) is 0. The third-order valence-electron chi connectivity index (χ3n) is 19.3. The van der Waals surface area contributed by atoms with Crippen molar-refractivity contribution in [1.82, 2.24) is 10.6 Å². The Balaban J connectivity index is 0.771. The first-order chi connectivity index (χ1) is 46.4. The van der Waals surface area contributed by atoms with Crippen LogP contribution in [-0.2, 0) is 61.6 Å². The van der Waals surface area contributed by atoms with E-state index in [0.29, 0.717) is 0 Å². The predicted molar refractivity (Wildman–Crippen MR) is 305 cm³/mol. The smallest absolute Gasteiger partial charge is 0.187 e. The largest absolute Gasteiger partial charge is 0.394 e. The van der Waals surface area contributed by atoms with E-state index in [2.05, 4.69) is 10.6 Å². The summed E-state index contributed by atoms with van der Waals surface area (Å²) in [6, 6.07) is -5.16. The van der Waals surface area contributed by atoms with Gasteiger partial charge in [-0.05, 0) is 25.0 Å². The maximum absolute atomic E-state index is 11.5. The fraction of sp³-hybridized carbons (Fsp3) is 0.929. The summed E-state index contributed by atoms with van der Waals surface area (Å²) in [5, 5.41) is 297. The van der Waals surface area contributed by atoms with Gasteiger partial charge < -0.3 is 210 Å². The number of rotatable bonds is 23. The molecule has 0 radical (unpaired) electrons. The first kappa shape index (κ1) is 79.9. The molecule has 0 aromatic carbocycles. The molecule has 0 bridgehead atoms. The zero-order valence-corrected chi connectivity index (χ0v) is 52.3. The Hall–Kier alpha value is -2.20. The van der Waals surface area contributed by atoms with Crippen molar-refractivity contribution in [3.63, 3.8) is 0 Å². The van der Waals surface area contributed by atoms with E-state index < -0.39 is 310 Å². The van der Waals surface area contributed by atoms with Gasteiger partial charge in [0.25, 0.3) is 0 Å². The van der Waals surface area contributed by atoms with Gasteiger partial charge in [0.1, 0.15) is 183 Å². The van der Waals surface area contributed by atoms with Gasteiger partial charge in [-0.15, -0.1) is 0 Å². The van der Waals surface area contributed by atoms with Crippen molar-refractivity contribution in [2.45, 2.75) is 277 Å². The molecule has 2 aliphatic carbocycles. The SMILES string of the molecule is C[C@H]1O[C@H](O[C@H]2[C@H](O)[C@@H](O)[C@@H](O[C@H]3[C@H](O)[C@@H](O)[C@@H](O[C@H]4[C@H](O)[C@@H](O)[C@@H](O[C@H]5[C@H](O)[C@@H](O)[C@@H](O)O[C@@H]5CO)O[C@@H]4CO)O[C@@H]3CO)O[C@@H]2CO)[C@H](O)[C@@H](O)C1N[C@H]1C=C(CO)[C@@H](O[C@H]2O[C@H](CO)[C@@H](O[C@H]3O[C@H](C)[C@@H](N[C@H]4C=C(CO)[C@@H](O)[C@H](O)[C@H]4O)[C@H](O)[C@H]3O)[C@H](O)[C@H]2O)[C@H](O)[C@H]1O. The Morgan fingerprint density at radius 1 is 0.296 bits per heavy atom. The summed E-state index contributed by atoms with van der Waals surface area (Å²) in [7, 11) is 0. The molecule has 7 saturated heterocycles. The number of hydrogen-bond donors (Lipinski definition) is 29. The highest BCUT2D eigenvalue weighted by atomic mass is 16.8. The van der Waals surface area contributed by atoms with Crippen LogP contribution in [0.5, 0.6) is 0 Å². The van der Waals surface area contributed by atoms with Crippen molar-refractivity contribution in [2.24, 2.45) is 0 Å².